The van der Waals surface area contributed by atoms with Gasteiger partial charge in [-0.25, -0.2) is 9.78 Å². The molecule has 2 amide bonds. The second-order valence-electron chi connectivity index (χ2n) is 2.27. The molecule has 0 aromatic carbocycles. The Morgan fingerprint density at radius 3 is 3.09 bits per heavy atom. The van der Waals surface area contributed by atoms with E-state index in [2.05, 4.69) is 9.97 Å². The van der Waals surface area contributed by atoms with Crippen LogP contribution in [-0.2, 0) is 6.54 Å². The van der Waals surface area contributed by atoms with E-state index >= 15 is 0 Å². The number of urea groups is 1. The highest BCUT2D eigenvalue weighted by Gasteiger charge is 2.03. The molecule has 0 aliphatic rings. The van der Waals surface area contributed by atoms with Crippen molar-refractivity contribution in [1.29, 1.82) is 0 Å². The van der Waals surface area contributed by atoms with E-state index in [0.717, 1.165) is 5.69 Å². The Bertz CT molecular complexity index is 231. The Kier molecular flexibility index (Phi) is 2.10. The number of hydrogen-bond donors (Lipinski definition) is 2. The molecule has 11 heavy (non-hydrogen) atoms. The average molecular weight is 154 g/mol. The van der Waals surface area contributed by atoms with Crippen LogP contribution in [0.25, 0.3) is 0 Å². The standard InChI is InChI=1S/C6H10N4O/c1-10(6(7)11)3-5-2-8-4-9-5/h2,4H,3H2,1H3,(H2,7,11)(H,8,9). The summed E-state index contributed by atoms with van der Waals surface area (Å²) in [6.07, 6.45) is 3.21. The number of carbonyl (C=O) groups excluding carboxylic acids is 1. The van der Waals surface area contributed by atoms with E-state index in [0.29, 0.717) is 6.54 Å². The van der Waals surface area contributed by atoms with Crippen LogP contribution in [0.2, 0.25) is 0 Å². The number of aromatic amines is 1. The lowest BCUT2D eigenvalue weighted by molar-refractivity contribution is 0.216. The molecule has 0 fully saturated rings. The first-order valence-electron chi connectivity index (χ1n) is 3.18. The lowest BCUT2D eigenvalue weighted by Crippen LogP contribution is -2.31. The summed E-state index contributed by atoms with van der Waals surface area (Å²) in [7, 11) is 1.63. The van der Waals surface area contributed by atoms with Gasteiger partial charge in [0.2, 0.25) is 0 Å². The maximum absolute atomic E-state index is 10.5. The molecule has 1 aromatic heterocycles. The SMILES string of the molecule is CN(Cc1cnc[nH]1)C(N)=O. The van der Waals surface area contributed by atoms with Gasteiger partial charge < -0.3 is 15.6 Å². The summed E-state index contributed by atoms with van der Waals surface area (Å²) in [6.45, 7) is 0.468. The summed E-state index contributed by atoms with van der Waals surface area (Å²) in [5.41, 5.74) is 5.87. The first-order valence-corrected chi connectivity index (χ1v) is 3.18. The highest BCUT2D eigenvalue weighted by molar-refractivity contribution is 5.71. The van der Waals surface area contributed by atoms with E-state index in [4.69, 9.17) is 5.73 Å². The molecule has 1 aromatic rings. The van der Waals surface area contributed by atoms with Crippen molar-refractivity contribution in [3.05, 3.63) is 18.2 Å². The van der Waals surface area contributed by atoms with Crippen molar-refractivity contribution in [3.63, 3.8) is 0 Å². The summed E-state index contributed by atoms with van der Waals surface area (Å²) in [6, 6.07) is -0.445. The van der Waals surface area contributed by atoms with Crippen molar-refractivity contribution >= 4 is 6.03 Å². The molecule has 0 radical (unpaired) electrons. The van der Waals surface area contributed by atoms with E-state index in [1.807, 2.05) is 0 Å². The number of primary amides is 1. The highest BCUT2D eigenvalue weighted by Crippen LogP contribution is 1.95. The number of amides is 2. The molecule has 0 unspecified atom stereocenters. The summed E-state index contributed by atoms with van der Waals surface area (Å²) in [4.78, 5) is 18.6. The number of H-pyrrole nitrogens is 1. The van der Waals surface area contributed by atoms with Gasteiger partial charge in [0, 0.05) is 13.2 Å². The van der Waals surface area contributed by atoms with Crippen LogP contribution in [0.5, 0.6) is 0 Å². The third kappa shape index (κ3) is 1.96. The van der Waals surface area contributed by atoms with Crippen molar-refractivity contribution in [2.45, 2.75) is 6.54 Å². The van der Waals surface area contributed by atoms with Gasteiger partial charge in [-0.05, 0) is 0 Å². The number of rotatable bonds is 2. The molecule has 0 spiro atoms. The second-order valence-corrected chi connectivity index (χ2v) is 2.27. The molecule has 5 heteroatoms. The van der Waals surface area contributed by atoms with Crippen LogP contribution in [0, 0.1) is 0 Å². The molecule has 0 bridgehead atoms. The molecule has 3 N–H and O–H groups in total. The van der Waals surface area contributed by atoms with Gasteiger partial charge in [0.1, 0.15) is 0 Å². The number of imidazole rings is 1. The molecule has 0 aliphatic heterocycles. The van der Waals surface area contributed by atoms with Crippen molar-refractivity contribution in [3.8, 4) is 0 Å². The molecule has 1 heterocycles. The minimum Gasteiger partial charge on any atom is -0.351 e. The summed E-state index contributed by atoms with van der Waals surface area (Å²) in [5, 5.41) is 0. The van der Waals surface area contributed by atoms with Gasteiger partial charge in [0.05, 0.1) is 18.6 Å². The van der Waals surface area contributed by atoms with Crippen molar-refractivity contribution in [2.24, 2.45) is 5.73 Å². The van der Waals surface area contributed by atoms with E-state index in [1.165, 1.54) is 4.90 Å². The van der Waals surface area contributed by atoms with E-state index in [-0.39, 0.29) is 0 Å². The zero-order chi connectivity index (χ0) is 8.27. The smallest absolute Gasteiger partial charge is 0.314 e. The molecule has 0 saturated carbocycles. The number of hydrogen-bond acceptors (Lipinski definition) is 2. The van der Waals surface area contributed by atoms with Gasteiger partial charge in [-0.2, -0.15) is 0 Å². The minimum atomic E-state index is -0.445. The largest absolute Gasteiger partial charge is 0.351 e. The van der Waals surface area contributed by atoms with Crippen LogP contribution in [0.3, 0.4) is 0 Å². The predicted molar refractivity (Wildman–Crippen MR) is 39.6 cm³/mol. The lowest BCUT2D eigenvalue weighted by atomic mass is 10.4. The van der Waals surface area contributed by atoms with Crippen LogP contribution >= 0.6 is 0 Å². The van der Waals surface area contributed by atoms with E-state index in [1.54, 1.807) is 19.6 Å². The minimum absolute atomic E-state index is 0.445. The summed E-state index contributed by atoms with van der Waals surface area (Å²) >= 11 is 0. The van der Waals surface area contributed by atoms with E-state index in [9.17, 15) is 4.79 Å². The van der Waals surface area contributed by atoms with Crippen LogP contribution in [-0.4, -0.2) is 27.9 Å². The lowest BCUT2D eigenvalue weighted by Gasteiger charge is -2.11. The molecule has 0 atom stereocenters. The maximum atomic E-state index is 10.5. The molecule has 0 aliphatic carbocycles. The van der Waals surface area contributed by atoms with Gasteiger partial charge in [-0.3, -0.25) is 0 Å². The monoisotopic (exact) mass is 154 g/mol. The Morgan fingerprint density at radius 2 is 2.64 bits per heavy atom. The van der Waals surface area contributed by atoms with Crippen LogP contribution in [0.15, 0.2) is 12.5 Å². The number of nitrogens with one attached hydrogen (secondary N) is 1. The number of nitrogens with two attached hydrogens (primary N) is 1. The zero-order valence-corrected chi connectivity index (χ0v) is 6.24. The molecular weight excluding hydrogens is 144 g/mol. The fraction of sp³-hybridized carbons (Fsp3) is 0.333. The van der Waals surface area contributed by atoms with Crippen molar-refractivity contribution in [2.75, 3.05) is 7.05 Å². The fourth-order valence-electron chi connectivity index (χ4n) is 0.705. The first-order chi connectivity index (χ1) is 5.20. The molecule has 5 nitrogen and oxygen atoms in total. The third-order valence-electron chi connectivity index (χ3n) is 1.34. The third-order valence-corrected chi connectivity index (χ3v) is 1.34. The van der Waals surface area contributed by atoms with Crippen LogP contribution in [0.4, 0.5) is 4.79 Å². The fourth-order valence-corrected chi connectivity index (χ4v) is 0.705. The summed E-state index contributed by atoms with van der Waals surface area (Å²) in [5.74, 6) is 0. The number of carbonyl (C=O) groups is 1. The van der Waals surface area contributed by atoms with Crippen LogP contribution < -0.4 is 5.73 Å². The molecular formula is C6H10N4O. The molecule has 1 rings (SSSR count). The normalized spacial score (nSPS) is 9.55. The van der Waals surface area contributed by atoms with Gasteiger partial charge in [-0.1, -0.05) is 0 Å². The van der Waals surface area contributed by atoms with Crippen LogP contribution in [0.1, 0.15) is 5.69 Å². The maximum Gasteiger partial charge on any atom is 0.314 e. The Hall–Kier alpha value is -1.52. The van der Waals surface area contributed by atoms with Gasteiger partial charge in [-0.15, -0.1) is 0 Å². The second kappa shape index (κ2) is 3.05. The van der Waals surface area contributed by atoms with Gasteiger partial charge >= 0.3 is 6.03 Å². The quantitative estimate of drug-likeness (QED) is 0.625. The molecule has 60 valence electrons. The Balaban J connectivity index is 2.50. The average Bonchev–Trinajstić information content (AvgIpc) is 2.39. The zero-order valence-electron chi connectivity index (χ0n) is 6.24. The summed E-state index contributed by atoms with van der Waals surface area (Å²) < 4.78 is 0. The number of nitrogens with zero attached hydrogens (tertiary/aromatic N) is 2. The highest BCUT2D eigenvalue weighted by atomic mass is 16.2. The van der Waals surface area contributed by atoms with Crippen molar-refractivity contribution in [1.82, 2.24) is 14.9 Å². The topological polar surface area (TPSA) is 75.0 Å². The van der Waals surface area contributed by atoms with Gasteiger partial charge in [0.15, 0.2) is 0 Å². The number of aromatic nitrogens is 2. The first kappa shape index (κ1) is 7.59. The van der Waals surface area contributed by atoms with Gasteiger partial charge in [0.25, 0.3) is 0 Å². The predicted octanol–water partition coefficient (Wildman–Crippen LogP) is -0.0798. The van der Waals surface area contributed by atoms with Crippen molar-refractivity contribution < 1.29 is 4.79 Å². The Labute approximate surface area is 64.2 Å². The Morgan fingerprint density at radius 1 is 1.91 bits per heavy atom. The van der Waals surface area contributed by atoms with E-state index < -0.39 is 6.03 Å². The molecule has 0 saturated heterocycles.